The Morgan fingerprint density at radius 1 is 1.50 bits per heavy atom. The molecule has 0 radical (unpaired) electrons. The van der Waals surface area contributed by atoms with Gasteiger partial charge in [-0.3, -0.25) is 0 Å². The zero-order valence-corrected chi connectivity index (χ0v) is 12.6. The predicted molar refractivity (Wildman–Crippen MR) is 79.5 cm³/mol. The van der Waals surface area contributed by atoms with E-state index in [9.17, 15) is 5.11 Å². The quantitative estimate of drug-likeness (QED) is 0.676. The van der Waals surface area contributed by atoms with Crippen molar-refractivity contribution in [3.63, 3.8) is 0 Å². The van der Waals surface area contributed by atoms with E-state index in [0.717, 1.165) is 37.7 Å². The smallest absolute Gasteiger partial charge is 0.0715 e. The molecule has 0 spiro atoms. The van der Waals surface area contributed by atoms with Crippen molar-refractivity contribution >= 4 is 0 Å². The molecule has 0 heterocycles. The minimum atomic E-state index is -0.524. The summed E-state index contributed by atoms with van der Waals surface area (Å²) < 4.78 is 0. The lowest BCUT2D eigenvalue weighted by Crippen LogP contribution is -2.38. The molecule has 1 aliphatic carbocycles. The lowest BCUT2D eigenvalue weighted by Gasteiger charge is -2.37. The molecular formula is C17H30O. The van der Waals surface area contributed by atoms with Crippen molar-refractivity contribution < 1.29 is 5.11 Å². The van der Waals surface area contributed by atoms with Crippen LogP contribution in [0.25, 0.3) is 0 Å². The first kappa shape index (κ1) is 15.5. The summed E-state index contributed by atoms with van der Waals surface area (Å²) in [5, 5.41) is 10.9. The third-order valence-electron chi connectivity index (χ3n) is 4.49. The van der Waals surface area contributed by atoms with Crippen molar-refractivity contribution in [2.24, 2.45) is 17.3 Å². The molecule has 1 nitrogen and oxygen atoms in total. The third kappa shape index (κ3) is 3.71. The average Bonchev–Trinajstić information content (AvgIpc) is 2.44. The Morgan fingerprint density at radius 3 is 2.61 bits per heavy atom. The lowest BCUT2D eigenvalue weighted by molar-refractivity contribution is -0.0226. The van der Waals surface area contributed by atoms with Gasteiger partial charge in [0.15, 0.2) is 0 Å². The summed E-state index contributed by atoms with van der Waals surface area (Å²) in [5.41, 5.74) is 0.802. The van der Waals surface area contributed by atoms with E-state index in [-0.39, 0.29) is 5.41 Å². The Labute approximate surface area is 113 Å². The Bertz CT molecular complexity index is 316. The van der Waals surface area contributed by atoms with Crippen LogP contribution in [0.1, 0.15) is 59.8 Å². The second-order valence-corrected chi connectivity index (χ2v) is 7.22. The van der Waals surface area contributed by atoms with Crippen LogP contribution < -0.4 is 0 Å². The molecule has 0 amide bonds. The predicted octanol–water partition coefficient (Wildman–Crippen LogP) is 4.72. The number of hydrogen-bond acceptors (Lipinski definition) is 1. The van der Waals surface area contributed by atoms with Gasteiger partial charge < -0.3 is 5.11 Å². The summed E-state index contributed by atoms with van der Waals surface area (Å²) in [4.78, 5) is 0. The Hall–Kier alpha value is -0.560. The standard InChI is InChI=1S/C17H30O/c1-7-9-16(5,6)12-15-14(4)8-10-17(15,18)11-13(2)3/h7,14-15,18H,1-2,8-12H2,3-6H3/t14-,15+,17+/m1/s1. The summed E-state index contributed by atoms with van der Waals surface area (Å²) in [7, 11) is 0. The van der Waals surface area contributed by atoms with Crippen molar-refractivity contribution in [3.8, 4) is 0 Å². The van der Waals surface area contributed by atoms with E-state index in [2.05, 4.69) is 33.9 Å². The van der Waals surface area contributed by atoms with Gasteiger partial charge in [-0.25, -0.2) is 0 Å². The van der Waals surface area contributed by atoms with Gasteiger partial charge in [0.05, 0.1) is 5.60 Å². The molecule has 3 atom stereocenters. The van der Waals surface area contributed by atoms with Crippen molar-refractivity contribution in [2.45, 2.75) is 65.4 Å². The van der Waals surface area contributed by atoms with Crippen LogP contribution in [0.15, 0.2) is 24.8 Å². The van der Waals surface area contributed by atoms with Crippen molar-refractivity contribution in [2.75, 3.05) is 0 Å². The molecular weight excluding hydrogens is 220 g/mol. The summed E-state index contributed by atoms with van der Waals surface area (Å²) in [6.45, 7) is 16.7. The van der Waals surface area contributed by atoms with Gasteiger partial charge in [-0.2, -0.15) is 0 Å². The van der Waals surface area contributed by atoms with Gasteiger partial charge in [-0.15, -0.1) is 13.2 Å². The van der Waals surface area contributed by atoms with Gasteiger partial charge >= 0.3 is 0 Å². The minimum absolute atomic E-state index is 0.230. The minimum Gasteiger partial charge on any atom is -0.389 e. The molecule has 1 rings (SSSR count). The molecule has 104 valence electrons. The highest BCUT2D eigenvalue weighted by Gasteiger charge is 2.46. The SMILES string of the molecule is C=CCC(C)(C)C[C@H]1[C@H](C)CC[C@]1(O)CC(=C)C. The van der Waals surface area contributed by atoms with Crippen molar-refractivity contribution in [1.82, 2.24) is 0 Å². The lowest BCUT2D eigenvalue weighted by atomic mass is 9.71. The molecule has 0 aromatic carbocycles. The van der Waals surface area contributed by atoms with E-state index >= 15 is 0 Å². The summed E-state index contributed by atoms with van der Waals surface area (Å²) in [6, 6.07) is 0. The molecule has 0 aromatic rings. The third-order valence-corrected chi connectivity index (χ3v) is 4.49. The largest absolute Gasteiger partial charge is 0.389 e. The molecule has 0 saturated heterocycles. The average molecular weight is 250 g/mol. The first-order valence-electron chi connectivity index (χ1n) is 7.18. The fourth-order valence-electron chi connectivity index (χ4n) is 3.60. The fourth-order valence-corrected chi connectivity index (χ4v) is 3.60. The summed E-state index contributed by atoms with van der Waals surface area (Å²) >= 11 is 0. The fraction of sp³-hybridized carbons (Fsp3) is 0.765. The van der Waals surface area contributed by atoms with E-state index in [0.29, 0.717) is 11.8 Å². The van der Waals surface area contributed by atoms with Gasteiger partial charge in [0.1, 0.15) is 0 Å². The molecule has 1 N–H and O–H groups in total. The maximum atomic E-state index is 10.9. The number of aliphatic hydroxyl groups is 1. The molecule has 1 saturated carbocycles. The van der Waals surface area contributed by atoms with Gasteiger partial charge in [0.25, 0.3) is 0 Å². The first-order valence-corrected chi connectivity index (χ1v) is 7.18. The molecule has 1 heteroatoms. The van der Waals surface area contributed by atoms with Crippen LogP contribution in [-0.4, -0.2) is 10.7 Å². The monoisotopic (exact) mass is 250 g/mol. The van der Waals surface area contributed by atoms with Crippen LogP contribution in [0.5, 0.6) is 0 Å². The van der Waals surface area contributed by atoms with Crippen LogP contribution in [-0.2, 0) is 0 Å². The number of rotatable bonds is 6. The zero-order valence-electron chi connectivity index (χ0n) is 12.6. The van der Waals surface area contributed by atoms with E-state index in [1.54, 1.807) is 0 Å². The maximum absolute atomic E-state index is 10.9. The molecule has 0 aliphatic heterocycles. The van der Waals surface area contributed by atoms with Crippen molar-refractivity contribution in [1.29, 1.82) is 0 Å². The summed E-state index contributed by atoms with van der Waals surface area (Å²) in [5.74, 6) is 1.00. The first-order chi connectivity index (χ1) is 8.20. The van der Waals surface area contributed by atoms with Gasteiger partial charge in [-0.1, -0.05) is 32.4 Å². The van der Waals surface area contributed by atoms with Crippen LogP contribution in [0.4, 0.5) is 0 Å². The van der Waals surface area contributed by atoms with Gasteiger partial charge in [0.2, 0.25) is 0 Å². The highest BCUT2D eigenvalue weighted by molar-refractivity contribution is 5.06. The molecule has 0 bridgehead atoms. The molecule has 18 heavy (non-hydrogen) atoms. The Balaban J connectivity index is 2.82. The molecule has 0 aromatic heterocycles. The highest BCUT2D eigenvalue weighted by atomic mass is 16.3. The topological polar surface area (TPSA) is 20.2 Å². The van der Waals surface area contributed by atoms with Gasteiger partial charge in [0, 0.05) is 0 Å². The normalized spacial score (nSPS) is 32.5. The van der Waals surface area contributed by atoms with E-state index in [4.69, 9.17) is 0 Å². The van der Waals surface area contributed by atoms with Crippen LogP contribution in [0.2, 0.25) is 0 Å². The number of hydrogen-bond donors (Lipinski definition) is 1. The van der Waals surface area contributed by atoms with E-state index < -0.39 is 5.60 Å². The maximum Gasteiger partial charge on any atom is 0.0715 e. The van der Waals surface area contributed by atoms with Crippen molar-refractivity contribution in [3.05, 3.63) is 24.8 Å². The van der Waals surface area contributed by atoms with Gasteiger partial charge in [-0.05, 0) is 56.3 Å². The molecule has 0 unspecified atom stereocenters. The molecule has 1 fully saturated rings. The second kappa shape index (κ2) is 5.61. The highest BCUT2D eigenvalue weighted by Crippen LogP contribution is 2.49. The molecule has 1 aliphatic rings. The summed E-state index contributed by atoms with van der Waals surface area (Å²) in [6.07, 6.45) is 6.90. The van der Waals surface area contributed by atoms with Crippen LogP contribution >= 0.6 is 0 Å². The van der Waals surface area contributed by atoms with Crippen LogP contribution in [0, 0.1) is 17.3 Å². The van der Waals surface area contributed by atoms with Crippen LogP contribution in [0.3, 0.4) is 0 Å². The van der Waals surface area contributed by atoms with E-state index in [1.807, 2.05) is 13.0 Å². The number of allylic oxidation sites excluding steroid dienone is 1. The second-order valence-electron chi connectivity index (χ2n) is 7.22. The Morgan fingerprint density at radius 2 is 2.11 bits per heavy atom. The Kier molecular flexibility index (Phi) is 4.83. The zero-order chi connectivity index (χ0) is 14.0. The van der Waals surface area contributed by atoms with E-state index in [1.165, 1.54) is 0 Å².